The summed E-state index contributed by atoms with van der Waals surface area (Å²) in [7, 11) is 1.41. The molecule has 0 saturated carbocycles. The van der Waals surface area contributed by atoms with Crippen molar-refractivity contribution >= 4 is 34.8 Å². The highest BCUT2D eigenvalue weighted by Crippen LogP contribution is 2.34. The summed E-state index contributed by atoms with van der Waals surface area (Å²) in [5.74, 6) is -0.764. The third-order valence-electron chi connectivity index (χ3n) is 4.61. The third-order valence-corrected chi connectivity index (χ3v) is 5.35. The SMILES string of the molecule is CCCC[C@@H](NC(=O)c1cnc(OCC(F)(F)F)c(-c2ccc(Cl)c(Cl)c2)c1)/C(C)=N/OC. The molecule has 1 N–H and O–H groups in total. The molecular formula is C22H24Cl2F3N3O3. The lowest BCUT2D eigenvalue weighted by molar-refractivity contribution is -0.154. The fourth-order valence-electron chi connectivity index (χ4n) is 2.96. The molecule has 0 aliphatic rings. The largest absolute Gasteiger partial charge is 0.468 e. The number of amides is 1. The van der Waals surface area contributed by atoms with E-state index in [4.69, 9.17) is 32.8 Å². The van der Waals surface area contributed by atoms with Gasteiger partial charge in [-0.3, -0.25) is 4.79 Å². The fourth-order valence-corrected chi connectivity index (χ4v) is 3.25. The minimum absolute atomic E-state index is 0.127. The zero-order chi connectivity index (χ0) is 24.6. The van der Waals surface area contributed by atoms with Crippen LogP contribution in [0.3, 0.4) is 0 Å². The lowest BCUT2D eigenvalue weighted by Crippen LogP contribution is -2.40. The quantitative estimate of drug-likeness (QED) is 0.303. The molecule has 0 aliphatic heterocycles. The predicted octanol–water partition coefficient (Wildman–Crippen LogP) is 6.31. The number of hydrogen-bond donors (Lipinski definition) is 1. The van der Waals surface area contributed by atoms with Gasteiger partial charge in [0.2, 0.25) is 5.88 Å². The van der Waals surface area contributed by atoms with Crippen LogP contribution in [-0.2, 0) is 4.84 Å². The van der Waals surface area contributed by atoms with Gasteiger partial charge in [-0.05, 0) is 37.1 Å². The summed E-state index contributed by atoms with van der Waals surface area (Å²) < 4.78 is 43.0. The number of nitrogens with one attached hydrogen (secondary N) is 1. The highest BCUT2D eigenvalue weighted by Gasteiger charge is 2.29. The van der Waals surface area contributed by atoms with Crippen LogP contribution >= 0.6 is 23.2 Å². The van der Waals surface area contributed by atoms with Gasteiger partial charge < -0.3 is 14.9 Å². The monoisotopic (exact) mass is 505 g/mol. The van der Waals surface area contributed by atoms with Crippen molar-refractivity contribution in [3.8, 4) is 17.0 Å². The first-order chi connectivity index (χ1) is 15.6. The fraction of sp³-hybridized carbons (Fsp3) is 0.409. The maximum atomic E-state index is 12.9. The topological polar surface area (TPSA) is 72.8 Å². The van der Waals surface area contributed by atoms with E-state index >= 15 is 0 Å². The Bertz CT molecular complexity index is 1000. The lowest BCUT2D eigenvalue weighted by Gasteiger charge is -2.19. The Morgan fingerprint density at radius 1 is 1.24 bits per heavy atom. The number of oxime groups is 1. The zero-order valence-corrected chi connectivity index (χ0v) is 19.8. The van der Waals surface area contributed by atoms with Crippen LogP contribution < -0.4 is 10.1 Å². The van der Waals surface area contributed by atoms with Crippen LogP contribution in [0.1, 0.15) is 43.5 Å². The van der Waals surface area contributed by atoms with E-state index in [-0.39, 0.29) is 33.1 Å². The van der Waals surface area contributed by atoms with Crippen LogP contribution in [0.4, 0.5) is 13.2 Å². The number of unbranched alkanes of at least 4 members (excludes halogenated alkanes) is 1. The molecule has 2 aromatic rings. The van der Waals surface area contributed by atoms with E-state index in [0.29, 0.717) is 17.7 Å². The number of benzene rings is 1. The maximum absolute atomic E-state index is 12.9. The van der Waals surface area contributed by atoms with Gasteiger partial charge in [-0.1, -0.05) is 54.2 Å². The molecule has 0 aliphatic carbocycles. The molecule has 0 bridgehead atoms. The number of carbonyl (C=O) groups is 1. The highest BCUT2D eigenvalue weighted by molar-refractivity contribution is 6.42. The van der Waals surface area contributed by atoms with Crippen LogP contribution in [0, 0.1) is 0 Å². The Morgan fingerprint density at radius 2 is 1.97 bits per heavy atom. The number of pyridine rings is 1. The van der Waals surface area contributed by atoms with Crippen molar-refractivity contribution in [3.63, 3.8) is 0 Å². The molecule has 0 radical (unpaired) electrons. The minimum atomic E-state index is -4.56. The van der Waals surface area contributed by atoms with E-state index < -0.39 is 18.7 Å². The molecule has 0 fully saturated rings. The van der Waals surface area contributed by atoms with E-state index in [1.54, 1.807) is 13.0 Å². The summed E-state index contributed by atoms with van der Waals surface area (Å²) in [6.07, 6.45) is -1.00. The van der Waals surface area contributed by atoms with E-state index in [2.05, 4.69) is 15.5 Å². The van der Waals surface area contributed by atoms with Gasteiger partial charge in [0.1, 0.15) is 7.11 Å². The van der Waals surface area contributed by atoms with E-state index in [1.165, 1.54) is 25.3 Å². The zero-order valence-electron chi connectivity index (χ0n) is 18.3. The van der Waals surface area contributed by atoms with Gasteiger partial charge in [-0.25, -0.2) is 4.98 Å². The number of alkyl halides is 3. The first-order valence-electron chi connectivity index (χ1n) is 10.1. The van der Waals surface area contributed by atoms with Crippen LogP contribution in [0.5, 0.6) is 5.88 Å². The first kappa shape index (κ1) is 26.7. The molecule has 0 unspecified atom stereocenters. The summed E-state index contributed by atoms with van der Waals surface area (Å²) in [6.45, 7) is 2.22. The van der Waals surface area contributed by atoms with Gasteiger partial charge in [0, 0.05) is 11.8 Å². The molecule has 1 amide bonds. The van der Waals surface area contributed by atoms with Crippen molar-refractivity contribution in [3.05, 3.63) is 46.1 Å². The molecule has 0 saturated heterocycles. The number of carbonyl (C=O) groups excluding carboxylic acids is 1. The smallest absolute Gasteiger partial charge is 0.422 e. The number of hydrogen-bond acceptors (Lipinski definition) is 5. The van der Waals surface area contributed by atoms with Gasteiger partial charge in [0.15, 0.2) is 6.61 Å². The Balaban J connectivity index is 2.41. The number of aromatic nitrogens is 1. The summed E-state index contributed by atoms with van der Waals surface area (Å²) >= 11 is 12.0. The van der Waals surface area contributed by atoms with Crippen LogP contribution in [0.15, 0.2) is 35.6 Å². The molecule has 1 heterocycles. The number of ether oxygens (including phenoxy) is 1. The van der Waals surface area contributed by atoms with Gasteiger partial charge >= 0.3 is 6.18 Å². The van der Waals surface area contributed by atoms with Crippen LogP contribution in [-0.4, -0.2) is 42.5 Å². The van der Waals surface area contributed by atoms with E-state index in [1.807, 2.05) is 6.92 Å². The van der Waals surface area contributed by atoms with Gasteiger partial charge in [0.05, 0.1) is 27.4 Å². The first-order valence-corrected chi connectivity index (χ1v) is 10.8. The molecule has 1 atom stereocenters. The van der Waals surface area contributed by atoms with E-state index in [0.717, 1.165) is 19.0 Å². The number of nitrogens with zero attached hydrogens (tertiary/aromatic N) is 2. The molecule has 2 rings (SSSR count). The van der Waals surface area contributed by atoms with E-state index in [9.17, 15) is 18.0 Å². The van der Waals surface area contributed by atoms with Crippen LogP contribution in [0.2, 0.25) is 10.0 Å². The molecule has 6 nitrogen and oxygen atoms in total. The van der Waals surface area contributed by atoms with Crippen molar-refractivity contribution < 1.29 is 27.5 Å². The van der Waals surface area contributed by atoms with Crippen molar-refractivity contribution in [2.45, 2.75) is 45.3 Å². The molecular weight excluding hydrogens is 482 g/mol. The maximum Gasteiger partial charge on any atom is 0.422 e. The molecule has 1 aromatic heterocycles. The van der Waals surface area contributed by atoms with Crippen molar-refractivity contribution in [1.82, 2.24) is 10.3 Å². The Morgan fingerprint density at radius 3 is 2.58 bits per heavy atom. The summed E-state index contributed by atoms with van der Waals surface area (Å²) in [6, 6.07) is 5.51. The molecule has 180 valence electrons. The summed E-state index contributed by atoms with van der Waals surface area (Å²) in [5.41, 5.74) is 1.27. The van der Waals surface area contributed by atoms with Crippen molar-refractivity contribution in [1.29, 1.82) is 0 Å². The molecule has 0 spiro atoms. The molecule has 1 aromatic carbocycles. The second kappa shape index (κ2) is 12.1. The summed E-state index contributed by atoms with van der Waals surface area (Å²) in [5, 5.41) is 7.23. The normalized spacial score (nSPS) is 12.9. The highest BCUT2D eigenvalue weighted by atomic mass is 35.5. The molecule has 11 heteroatoms. The standard InChI is InChI=1S/C22H24Cl2F3N3O3/c1-4-5-6-19(13(2)30-32-3)29-20(31)15-9-16(14-7-8-17(23)18(24)10-14)21(28-11-15)33-12-22(25,26)27/h7-11,19H,4-6,12H2,1-3H3,(H,29,31)/b30-13+/t19-/m1/s1. The van der Waals surface area contributed by atoms with Crippen molar-refractivity contribution in [2.24, 2.45) is 5.16 Å². The third kappa shape index (κ3) is 8.08. The number of halogens is 5. The summed E-state index contributed by atoms with van der Waals surface area (Å²) in [4.78, 5) is 21.7. The Hall–Kier alpha value is -2.52. The lowest BCUT2D eigenvalue weighted by atomic mass is 10.0. The Kier molecular flexibility index (Phi) is 9.79. The van der Waals surface area contributed by atoms with Gasteiger partial charge in [0.25, 0.3) is 5.91 Å². The van der Waals surface area contributed by atoms with Gasteiger partial charge in [-0.2, -0.15) is 13.2 Å². The second-order valence-electron chi connectivity index (χ2n) is 7.19. The van der Waals surface area contributed by atoms with Gasteiger partial charge in [-0.15, -0.1) is 0 Å². The second-order valence-corrected chi connectivity index (χ2v) is 8.01. The minimum Gasteiger partial charge on any atom is -0.468 e. The number of rotatable bonds is 10. The molecule has 33 heavy (non-hydrogen) atoms. The predicted molar refractivity (Wildman–Crippen MR) is 122 cm³/mol. The average molecular weight is 506 g/mol. The van der Waals surface area contributed by atoms with Crippen LogP contribution in [0.25, 0.3) is 11.1 Å². The Labute approximate surface area is 200 Å². The average Bonchev–Trinajstić information content (AvgIpc) is 2.76. The van der Waals surface area contributed by atoms with Crippen molar-refractivity contribution in [2.75, 3.05) is 13.7 Å².